The molecule has 1 nitrogen and oxygen atoms in total. The van der Waals surface area contributed by atoms with Crippen molar-refractivity contribution in [2.24, 2.45) is 0 Å². The van der Waals surface area contributed by atoms with Crippen LogP contribution in [0.15, 0.2) is 24.3 Å². The Hall–Kier alpha value is -0.820. The van der Waals surface area contributed by atoms with Gasteiger partial charge in [0.1, 0.15) is 0 Å². The molecular weight excluding hydrogens is 206 g/mol. The van der Waals surface area contributed by atoms with Crippen LogP contribution in [0.25, 0.3) is 0 Å². The first-order valence-electron chi connectivity index (χ1n) is 6.76. The van der Waals surface area contributed by atoms with E-state index in [9.17, 15) is 0 Å². The molecule has 1 atom stereocenters. The fraction of sp³-hybridized carbons (Fsp3) is 0.625. The smallest absolute Gasteiger partial charge is 0.00417 e. The molecule has 1 heteroatoms. The van der Waals surface area contributed by atoms with Gasteiger partial charge >= 0.3 is 0 Å². The highest BCUT2D eigenvalue weighted by molar-refractivity contribution is 5.27. The molecule has 0 heterocycles. The van der Waals surface area contributed by atoms with Crippen molar-refractivity contribution in [3.8, 4) is 0 Å². The first-order chi connectivity index (χ1) is 7.93. The van der Waals surface area contributed by atoms with E-state index in [1.165, 1.54) is 24.0 Å². The summed E-state index contributed by atoms with van der Waals surface area (Å²) in [5, 5.41) is 3.45. The van der Waals surface area contributed by atoms with E-state index in [1.54, 1.807) is 0 Å². The summed E-state index contributed by atoms with van der Waals surface area (Å²) in [7, 11) is 0. The Morgan fingerprint density at radius 3 is 2.18 bits per heavy atom. The van der Waals surface area contributed by atoms with Crippen molar-refractivity contribution >= 4 is 0 Å². The molecule has 0 aliphatic heterocycles. The molecule has 0 radical (unpaired) electrons. The van der Waals surface area contributed by atoms with Crippen molar-refractivity contribution in [1.29, 1.82) is 0 Å². The summed E-state index contributed by atoms with van der Waals surface area (Å²) in [6.07, 6.45) is 2.38. The molecular formula is C16H27N. The summed E-state index contributed by atoms with van der Waals surface area (Å²) in [5.41, 5.74) is 3.12. The summed E-state index contributed by atoms with van der Waals surface area (Å²) in [4.78, 5) is 0. The van der Waals surface area contributed by atoms with Crippen LogP contribution < -0.4 is 5.32 Å². The first-order valence-corrected chi connectivity index (χ1v) is 6.76. The van der Waals surface area contributed by atoms with E-state index in [2.05, 4.69) is 64.2 Å². The molecule has 0 saturated heterocycles. The van der Waals surface area contributed by atoms with Crippen LogP contribution in [0.4, 0.5) is 0 Å². The molecule has 0 bridgehead atoms. The van der Waals surface area contributed by atoms with Crippen LogP contribution >= 0.6 is 0 Å². The second-order valence-electron chi connectivity index (χ2n) is 5.94. The Labute approximate surface area is 107 Å². The minimum atomic E-state index is 0.260. The number of aryl methyl sites for hydroxylation is 1. The Bertz CT molecular complexity index is 318. The molecule has 1 N–H and O–H groups in total. The van der Waals surface area contributed by atoms with Gasteiger partial charge in [0.05, 0.1) is 0 Å². The van der Waals surface area contributed by atoms with Crippen LogP contribution in [0.2, 0.25) is 0 Å². The van der Waals surface area contributed by atoms with Gasteiger partial charge in [0.15, 0.2) is 0 Å². The molecule has 1 unspecified atom stereocenters. The second-order valence-corrected chi connectivity index (χ2v) is 5.94. The fourth-order valence-electron chi connectivity index (χ4n) is 2.01. The number of benzene rings is 1. The molecule has 1 rings (SSSR count). The standard InChI is InChI=1S/C16H27N/c1-6-17-13(2)7-8-14-9-11-15(12-10-14)16(3,4)5/h9-13,17H,6-8H2,1-5H3. The maximum Gasteiger partial charge on any atom is 0.00417 e. The zero-order valence-corrected chi connectivity index (χ0v) is 12.0. The molecule has 1 aromatic rings. The van der Waals surface area contributed by atoms with E-state index in [4.69, 9.17) is 0 Å². The lowest BCUT2D eigenvalue weighted by Crippen LogP contribution is -2.25. The van der Waals surface area contributed by atoms with Gasteiger partial charge in [0.2, 0.25) is 0 Å². The molecule has 0 aliphatic carbocycles. The fourth-order valence-corrected chi connectivity index (χ4v) is 2.01. The van der Waals surface area contributed by atoms with Crippen LogP contribution in [0.3, 0.4) is 0 Å². The summed E-state index contributed by atoms with van der Waals surface area (Å²) in [6, 6.07) is 9.71. The Morgan fingerprint density at radius 1 is 1.12 bits per heavy atom. The van der Waals surface area contributed by atoms with Crippen molar-refractivity contribution in [3.05, 3.63) is 35.4 Å². The number of hydrogen-bond acceptors (Lipinski definition) is 1. The van der Waals surface area contributed by atoms with E-state index < -0.39 is 0 Å². The predicted molar refractivity (Wildman–Crippen MR) is 76.6 cm³/mol. The van der Waals surface area contributed by atoms with Gasteiger partial charge < -0.3 is 5.32 Å². The summed E-state index contributed by atoms with van der Waals surface area (Å²) in [6.45, 7) is 12.3. The Balaban J connectivity index is 2.51. The van der Waals surface area contributed by atoms with Crippen LogP contribution in [0, 0.1) is 0 Å². The highest BCUT2D eigenvalue weighted by Gasteiger charge is 2.12. The minimum Gasteiger partial charge on any atom is -0.315 e. The van der Waals surface area contributed by atoms with Crippen molar-refractivity contribution in [3.63, 3.8) is 0 Å². The molecule has 96 valence electrons. The quantitative estimate of drug-likeness (QED) is 0.813. The van der Waals surface area contributed by atoms with E-state index in [0.29, 0.717) is 6.04 Å². The second kappa shape index (κ2) is 6.20. The van der Waals surface area contributed by atoms with Gasteiger partial charge in [-0.2, -0.15) is 0 Å². The summed E-state index contributed by atoms with van der Waals surface area (Å²) < 4.78 is 0. The lowest BCUT2D eigenvalue weighted by atomic mass is 9.86. The third-order valence-corrected chi connectivity index (χ3v) is 3.24. The van der Waals surface area contributed by atoms with Gasteiger partial charge in [0.25, 0.3) is 0 Å². The van der Waals surface area contributed by atoms with Crippen LogP contribution in [-0.4, -0.2) is 12.6 Å². The van der Waals surface area contributed by atoms with Crippen LogP contribution in [0.1, 0.15) is 52.2 Å². The molecule has 0 amide bonds. The van der Waals surface area contributed by atoms with Gasteiger partial charge in [-0.1, -0.05) is 52.0 Å². The number of nitrogens with one attached hydrogen (secondary N) is 1. The highest BCUT2D eigenvalue weighted by atomic mass is 14.9. The van der Waals surface area contributed by atoms with Crippen LogP contribution in [0.5, 0.6) is 0 Å². The average molecular weight is 233 g/mol. The van der Waals surface area contributed by atoms with Crippen LogP contribution in [-0.2, 0) is 11.8 Å². The van der Waals surface area contributed by atoms with E-state index in [0.717, 1.165) is 6.54 Å². The molecule has 17 heavy (non-hydrogen) atoms. The van der Waals surface area contributed by atoms with Gasteiger partial charge in [-0.05, 0) is 42.9 Å². The van der Waals surface area contributed by atoms with Gasteiger partial charge in [-0.25, -0.2) is 0 Å². The Morgan fingerprint density at radius 2 is 1.71 bits per heavy atom. The summed E-state index contributed by atoms with van der Waals surface area (Å²) in [5.74, 6) is 0. The summed E-state index contributed by atoms with van der Waals surface area (Å²) >= 11 is 0. The van der Waals surface area contributed by atoms with Gasteiger partial charge in [-0.3, -0.25) is 0 Å². The van der Waals surface area contributed by atoms with Crippen molar-refractivity contribution in [1.82, 2.24) is 5.32 Å². The highest BCUT2D eigenvalue weighted by Crippen LogP contribution is 2.22. The molecule has 0 spiro atoms. The zero-order chi connectivity index (χ0) is 12.9. The Kier molecular flexibility index (Phi) is 5.20. The normalized spacial score (nSPS) is 13.7. The largest absolute Gasteiger partial charge is 0.315 e. The van der Waals surface area contributed by atoms with E-state index >= 15 is 0 Å². The number of hydrogen-bond donors (Lipinski definition) is 1. The minimum absolute atomic E-state index is 0.260. The molecule has 0 aliphatic rings. The van der Waals surface area contributed by atoms with Gasteiger partial charge in [-0.15, -0.1) is 0 Å². The molecule has 0 aromatic heterocycles. The SMILES string of the molecule is CCNC(C)CCc1ccc(C(C)(C)C)cc1. The molecule has 0 fully saturated rings. The van der Waals surface area contributed by atoms with Crippen molar-refractivity contribution in [2.45, 2.75) is 58.9 Å². The maximum atomic E-state index is 3.45. The average Bonchev–Trinajstić information content (AvgIpc) is 2.26. The first kappa shape index (κ1) is 14.2. The third kappa shape index (κ3) is 4.91. The topological polar surface area (TPSA) is 12.0 Å². The van der Waals surface area contributed by atoms with Crippen molar-refractivity contribution in [2.75, 3.05) is 6.54 Å². The third-order valence-electron chi connectivity index (χ3n) is 3.24. The van der Waals surface area contributed by atoms with Gasteiger partial charge in [0, 0.05) is 6.04 Å². The zero-order valence-electron chi connectivity index (χ0n) is 12.0. The number of rotatable bonds is 5. The predicted octanol–water partition coefficient (Wildman–Crippen LogP) is 3.91. The lowest BCUT2D eigenvalue weighted by molar-refractivity contribution is 0.530. The van der Waals surface area contributed by atoms with E-state index in [-0.39, 0.29) is 5.41 Å². The molecule has 1 aromatic carbocycles. The molecule has 0 saturated carbocycles. The monoisotopic (exact) mass is 233 g/mol. The van der Waals surface area contributed by atoms with E-state index in [1.807, 2.05) is 0 Å². The van der Waals surface area contributed by atoms with Crippen molar-refractivity contribution < 1.29 is 0 Å². The lowest BCUT2D eigenvalue weighted by Gasteiger charge is -2.19. The maximum absolute atomic E-state index is 3.45.